The van der Waals surface area contributed by atoms with E-state index in [0.717, 1.165) is 55.7 Å². The molecule has 0 radical (unpaired) electrons. The molecule has 1 rings (SSSR count). The van der Waals surface area contributed by atoms with Gasteiger partial charge in [0.15, 0.2) is 0 Å². The van der Waals surface area contributed by atoms with Crippen LogP contribution in [0.2, 0.25) is 0 Å². The van der Waals surface area contributed by atoms with Gasteiger partial charge < -0.3 is 14.3 Å². The molecule has 0 aromatic heterocycles. The standard InChI is InChI=1S/C11H18O3.C5H10Br2.C4H10O/c1-2-8-14-10(13)11(9-12)6-4-3-5-7-11;6-4-2-1-3-5-7;1-3-4-5-2/h9H,2-8H2,1H3;1-5H2;3-4H2,1-2H3. The van der Waals surface area contributed by atoms with Crippen molar-refractivity contribution in [3.63, 3.8) is 0 Å². The van der Waals surface area contributed by atoms with Gasteiger partial charge in [0, 0.05) is 24.4 Å². The van der Waals surface area contributed by atoms with E-state index in [9.17, 15) is 9.59 Å². The molecule has 0 aromatic carbocycles. The Morgan fingerprint density at radius 1 is 0.962 bits per heavy atom. The Bertz CT molecular complexity index is 313. The van der Waals surface area contributed by atoms with Gasteiger partial charge in [-0.25, -0.2) is 0 Å². The zero-order valence-electron chi connectivity index (χ0n) is 16.9. The fourth-order valence-electron chi connectivity index (χ4n) is 2.46. The average Bonchev–Trinajstić information content (AvgIpc) is 2.68. The lowest BCUT2D eigenvalue weighted by molar-refractivity contribution is -0.159. The first kappa shape index (κ1) is 28.3. The summed E-state index contributed by atoms with van der Waals surface area (Å²) in [6.07, 6.45) is 11.1. The Morgan fingerprint density at radius 3 is 1.85 bits per heavy atom. The van der Waals surface area contributed by atoms with Crippen LogP contribution in [0.25, 0.3) is 0 Å². The smallest absolute Gasteiger partial charge is 0.319 e. The number of ether oxygens (including phenoxy) is 2. The number of hydrogen-bond donors (Lipinski definition) is 0. The summed E-state index contributed by atoms with van der Waals surface area (Å²) in [6, 6.07) is 0. The van der Waals surface area contributed by atoms with Crippen LogP contribution in [0.4, 0.5) is 0 Å². The van der Waals surface area contributed by atoms with Gasteiger partial charge in [-0.1, -0.05) is 71.4 Å². The predicted molar refractivity (Wildman–Crippen MR) is 116 cm³/mol. The van der Waals surface area contributed by atoms with Crippen molar-refractivity contribution in [3.05, 3.63) is 0 Å². The van der Waals surface area contributed by atoms with E-state index in [2.05, 4.69) is 38.8 Å². The molecule has 0 unspecified atom stereocenters. The highest BCUT2D eigenvalue weighted by Crippen LogP contribution is 2.35. The summed E-state index contributed by atoms with van der Waals surface area (Å²) >= 11 is 6.73. The number of unbranched alkanes of at least 4 members (excludes halogenated alkanes) is 2. The van der Waals surface area contributed by atoms with Crippen LogP contribution in [0.15, 0.2) is 0 Å². The Hall–Kier alpha value is 0.0600. The number of aldehydes is 1. The van der Waals surface area contributed by atoms with E-state index in [1.165, 1.54) is 19.3 Å². The topological polar surface area (TPSA) is 52.6 Å². The number of esters is 1. The highest BCUT2D eigenvalue weighted by Gasteiger charge is 2.40. The second-order valence-corrected chi connectivity index (χ2v) is 7.99. The van der Waals surface area contributed by atoms with E-state index in [1.54, 1.807) is 7.11 Å². The van der Waals surface area contributed by atoms with Crippen molar-refractivity contribution in [1.82, 2.24) is 0 Å². The minimum Gasteiger partial charge on any atom is -0.465 e. The van der Waals surface area contributed by atoms with Crippen molar-refractivity contribution in [1.29, 1.82) is 0 Å². The van der Waals surface area contributed by atoms with E-state index >= 15 is 0 Å². The van der Waals surface area contributed by atoms with Gasteiger partial charge in [-0.3, -0.25) is 4.79 Å². The molecule has 0 N–H and O–H groups in total. The first-order chi connectivity index (χ1) is 12.6. The summed E-state index contributed by atoms with van der Waals surface area (Å²) in [7, 11) is 1.71. The SMILES string of the molecule is BrCCCCCBr.CCCOC.CCCOC(=O)C1(C=O)CCCCC1. The summed E-state index contributed by atoms with van der Waals surface area (Å²) in [4.78, 5) is 22.6. The maximum absolute atomic E-state index is 11.7. The fourth-order valence-corrected chi connectivity index (χ4v) is 3.25. The molecule has 26 heavy (non-hydrogen) atoms. The number of carbonyl (C=O) groups is 2. The number of halogens is 2. The largest absolute Gasteiger partial charge is 0.465 e. The highest BCUT2D eigenvalue weighted by atomic mass is 79.9. The molecule has 4 nitrogen and oxygen atoms in total. The zero-order valence-corrected chi connectivity index (χ0v) is 20.0. The normalized spacial score (nSPS) is 15.0. The summed E-state index contributed by atoms with van der Waals surface area (Å²) in [5.74, 6) is -0.311. The van der Waals surface area contributed by atoms with Gasteiger partial charge in [0.25, 0.3) is 0 Å². The van der Waals surface area contributed by atoms with Crippen molar-refractivity contribution in [2.75, 3.05) is 31.0 Å². The molecule has 0 aliphatic heterocycles. The number of alkyl halides is 2. The van der Waals surface area contributed by atoms with Crippen LogP contribution >= 0.6 is 31.9 Å². The zero-order chi connectivity index (χ0) is 20.1. The molecule has 1 fully saturated rings. The highest BCUT2D eigenvalue weighted by molar-refractivity contribution is 9.09. The van der Waals surface area contributed by atoms with Crippen molar-refractivity contribution in [2.24, 2.45) is 5.41 Å². The van der Waals surface area contributed by atoms with E-state index in [0.29, 0.717) is 19.4 Å². The van der Waals surface area contributed by atoms with Gasteiger partial charge in [0.2, 0.25) is 0 Å². The molecular weight excluding hydrogens is 464 g/mol. The molecule has 0 atom stereocenters. The van der Waals surface area contributed by atoms with Gasteiger partial charge in [-0.05, 0) is 38.5 Å². The number of carbonyl (C=O) groups excluding carboxylic acids is 2. The Morgan fingerprint density at radius 2 is 1.50 bits per heavy atom. The molecule has 0 aromatic rings. The first-order valence-corrected chi connectivity index (χ1v) is 12.1. The molecule has 0 saturated heterocycles. The minimum atomic E-state index is -0.812. The van der Waals surface area contributed by atoms with Gasteiger partial charge in [-0.15, -0.1) is 0 Å². The van der Waals surface area contributed by atoms with E-state index in [4.69, 9.17) is 9.47 Å². The van der Waals surface area contributed by atoms with E-state index in [1.807, 2.05) is 6.92 Å². The van der Waals surface area contributed by atoms with Gasteiger partial charge in [0.1, 0.15) is 11.7 Å². The third-order valence-electron chi connectivity index (χ3n) is 3.99. The van der Waals surface area contributed by atoms with Gasteiger partial charge in [-0.2, -0.15) is 0 Å². The van der Waals surface area contributed by atoms with Crippen LogP contribution in [-0.4, -0.2) is 43.2 Å². The first-order valence-electron chi connectivity index (χ1n) is 9.82. The molecule has 1 saturated carbocycles. The predicted octanol–water partition coefficient (Wildman–Crippen LogP) is 6.08. The summed E-state index contributed by atoms with van der Waals surface area (Å²) < 4.78 is 9.75. The third-order valence-corrected chi connectivity index (χ3v) is 5.11. The van der Waals surface area contributed by atoms with Crippen LogP contribution in [-0.2, 0) is 19.1 Å². The summed E-state index contributed by atoms with van der Waals surface area (Å²) in [6.45, 7) is 5.35. The second-order valence-electron chi connectivity index (χ2n) is 6.40. The van der Waals surface area contributed by atoms with Gasteiger partial charge in [0.05, 0.1) is 6.61 Å². The second kappa shape index (κ2) is 21.4. The fraction of sp³-hybridized carbons (Fsp3) is 0.900. The van der Waals surface area contributed by atoms with Crippen molar-refractivity contribution >= 4 is 44.1 Å². The number of hydrogen-bond acceptors (Lipinski definition) is 4. The van der Waals surface area contributed by atoms with Gasteiger partial charge >= 0.3 is 5.97 Å². The molecular formula is C20H38Br2O4. The summed E-state index contributed by atoms with van der Waals surface area (Å²) in [5.41, 5.74) is -0.812. The molecule has 1 aliphatic rings. The Balaban J connectivity index is 0. The van der Waals surface area contributed by atoms with Crippen LogP contribution in [0, 0.1) is 5.41 Å². The Kier molecular flexibility index (Phi) is 23.2. The average molecular weight is 502 g/mol. The van der Waals surface area contributed by atoms with Crippen molar-refractivity contribution in [3.8, 4) is 0 Å². The van der Waals surface area contributed by atoms with Crippen LogP contribution < -0.4 is 0 Å². The maximum Gasteiger partial charge on any atom is 0.319 e. The van der Waals surface area contributed by atoms with Crippen molar-refractivity contribution in [2.45, 2.75) is 78.1 Å². The summed E-state index contributed by atoms with van der Waals surface area (Å²) in [5, 5.41) is 2.31. The molecule has 6 heteroatoms. The van der Waals surface area contributed by atoms with Crippen LogP contribution in [0.5, 0.6) is 0 Å². The third kappa shape index (κ3) is 15.2. The van der Waals surface area contributed by atoms with Crippen LogP contribution in [0.3, 0.4) is 0 Å². The lowest BCUT2D eigenvalue weighted by Gasteiger charge is -2.29. The van der Waals surface area contributed by atoms with Crippen LogP contribution in [0.1, 0.15) is 78.1 Å². The van der Waals surface area contributed by atoms with E-state index < -0.39 is 5.41 Å². The molecule has 0 bridgehead atoms. The molecule has 0 spiro atoms. The quantitative estimate of drug-likeness (QED) is 0.120. The maximum atomic E-state index is 11.7. The molecule has 0 heterocycles. The van der Waals surface area contributed by atoms with Crippen molar-refractivity contribution < 1.29 is 19.1 Å². The number of rotatable bonds is 10. The molecule has 0 amide bonds. The Labute approximate surface area is 177 Å². The lowest BCUT2D eigenvalue weighted by Crippen LogP contribution is -2.36. The molecule has 156 valence electrons. The minimum absolute atomic E-state index is 0.311. The molecule has 1 aliphatic carbocycles. The monoisotopic (exact) mass is 500 g/mol. The lowest BCUT2D eigenvalue weighted by atomic mass is 9.75. The number of methoxy groups -OCH3 is 1. The van der Waals surface area contributed by atoms with E-state index in [-0.39, 0.29) is 5.97 Å².